The molecule has 1 aromatic rings. The van der Waals surface area contributed by atoms with Gasteiger partial charge in [0.15, 0.2) is 5.78 Å². The molecule has 3 heteroatoms. The average Bonchev–Trinajstić information content (AvgIpc) is 2.89. The summed E-state index contributed by atoms with van der Waals surface area (Å²) in [7, 11) is 0. The Bertz CT molecular complexity index is 384. The molecule has 0 aliphatic carbocycles. The number of aromatic nitrogens is 1. The summed E-state index contributed by atoms with van der Waals surface area (Å²) in [5.74, 6) is 0.222. The van der Waals surface area contributed by atoms with E-state index in [1.54, 1.807) is 12.4 Å². The van der Waals surface area contributed by atoms with Crippen LogP contribution in [0.4, 0.5) is 0 Å². The van der Waals surface area contributed by atoms with Crippen molar-refractivity contribution in [1.82, 2.24) is 4.98 Å². The summed E-state index contributed by atoms with van der Waals surface area (Å²) in [4.78, 5) is 16.2. The lowest BCUT2D eigenvalue weighted by molar-refractivity contribution is 0.0858. The summed E-state index contributed by atoms with van der Waals surface area (Å²) in [6.07, 6.45) is 8.31. The number of hydrogen-bond acceptors (Lipinski definition) is 3. The second-order valence-corrected chi connectivity index (χ2v) is 4.48. The van der Waals surface area contributed by atoms with Crippen molar-refractivity contribution in [1.29, 1.82) is 0 Å². The largest absolute Gasteiger partial charge is 0.378 e. The van der Waals surface area contributed by atoms with Gasteiger partial charge in [-0.25, -0.2) is 0 Å². The van der Waals surface area contributed by atoms with E-state index >= 15 is 0 Å². The van der Waals surface area contributed by atoms with Crippen molar-refractivity contribution in [2.24, 2.45) is 0 Å². The lowest BCUT2D eigenvalue weighted by atomic mass is 9.99. The standard InChI is InChI=1S/C14H19NO2/c1-2-11-10-15-8-7-13(11)14(16)6-5-12-4-3-9-17-12/h7-8,10,12H,2-6,9H2,1H3. The fourth-order valence-corrected chi connectivity index (χ4v) is 2.28. The third-order valence-electron chi connectivity index (χ3n) is 3.30. The summed E-state index contributed by atoms with van der Waals surface area (Å²) in [5.41, 5.74) is 1.88. The molecule has 0 bridgehead atoms. The van der Waals surface area contributed by atoms with Crippen LogP contribution in [0.3, 0.4) is 0 Å². The highest BCUT2D eigenvalue weighted by Gasteiger charge is 2.18. The summed E-state index contributed by atoms with van der Waals surface area (Å²) < 4.78 is 5.53. The highest BCUT2D eigenvalue weighted by Crippen LogP contribution is 2.19. The molecule has 17 heavy (non-hydrogen) atoms. The number of aryl methyl sites for hydroxylation is 1. The van der Waals surface area contributed by atoms with E-state index in [9.17, 15) is 4.79 Å². The van der Waals surface area contributed by atoms with Crippen LogP contribution in [-0.2, 0) is 11.2 Å². The highest BCUT2D eigenvalue weighted by atomic mass is 16.5. The van der Waals surface area contributed by atoms with Gasteiger partial charge in [0.05, 0.1) is 6.10 Å². The minimum atomic E-state index is 0.222. The molecule has 0 spiro atoms. The molecule has 1 saturated heterocycles. The first-order valence-electron chi connectivity index (χ1n) is 6.39. The van der Waals surface area contributed by atoms with Gasteiger partial charge in [-0.05, 0) is 37.3 Å². The van der Waals surface area contributed by atoms with Crippen molar-refractivity contribution in [3.05, 3.63) is 29.6 Å². The molecule has 2 rings (SSSR count). The number of pyridine rings is 1. The van der Waals surface area contributed by atoms with Crippen LogP contribution in [0.5, 0.6) is 0 Å². The van der Waals surface area contributed by atoms with Gasteiger partial charge in [-0.3, -0.25) is 9.78 Å². The molecular formula is C14H19NO2. The van der Waals surface area contributed by atoms with Crippen molar-refractivity contribution in [2.45, 2.75) is 45.1 Å². The molecule has 92 valence electrons. The van der Waals surface area contributed by atoms with Crippen molar-refractivity contribution < 1.29 is 9.53 Å². The SMILES string of the molecule is CCc1cnccc1C(=O)CCC1CCCO1. The number of Topliss-reactive ketones (excluding diaryl/α,β-unsaturated/α-hetero) is 1. The van der Waals surface area contributed by atoms with Crippen LogP contribution in [0.25, 0.3) is 0 Å². The maximum absolute atomic E-state index is 12.1. The highest BCUT2D eigenvalue weighted by molar-refractivity contribution is 5.97. The topological polar surface area (TPSA) is 39.2 Å². The van der Waals surface area contributed by atoms with Crippen LogP contribution in [0.2, 0.25) is 0 Å². The van der Waals surface area contributed by atoms with Gasteiger partial charge in [0, 0.05) is 31.0 Å². The van der Waals surface area contributed by atoms with Crippen molar-refractivity contribution in [3.8, 4) is 0 Å². The van der Waals surface area contributed by atoms with Crippen LogP contribution < -0.4 is 0 Å². The van der Waals surface area contributed by atoms with E-state index in [4.69, 9.17) is 4.74 Å². The Balaban J connectivity index is 1.94. The van der Waals surface area contributed by atoms with Crippen LogP contribution in [0.15, 0.2) is 18.5 Å². The second kappa shape index (κ2) is 5.92. The first-order valence-corrected chi connectivity index (χ1v) is 6.39. The molecule has 0 N–H and O–H groups in total. The zero-order valence-corrected chi connectivity index (χ0v) is 10.3. The van der Waals surface area contributed by atoms with Gasteiger partial charge >= 0.3 is 0 Å². The Morgan fingerprint density at radius 3 is 3.18 bits per heavy atom. The van der Waals surface area contributed by atoms with E-state index in [0.717, 1.165) is 43.4 Å². The van der Waals surface area contributed by atoms with E-state index in [2.05, 4.69) is 4.98 Å². The van der Waals surface area contributed by atoms with Crippen LogP contribution >= 0.6 is 0 Å². The number of carbonyl (C=O) groups excluding carboxylic acids is 1. The minimum Gasteiger partial charge on any atom is -0.378 e. The van der Waals surface area contributed by atoms with E-state index in [1.165, 1.54) is 0 Å². The molecule has 3 nitrogen and oxygen atoms in total. The first-order chi connectivity index (χ1) is 8.31. The quantitative estimate of drug-likeness (QED) is 0.734. The van der Waals surface area contributed by atoms with E-state index in [1.807, 2.05) is 13.0 Å². The summed E-state index contributed by atoms with van der Waals surface area (Å²) in [6.45, 7) is 2.90. The number of hydrogen-bond donors (Lipinski definition) is 0. The zero-order chi connectivity index (χ0) is 12.1. The number of rotatable bonds is 5. The predicted octanol–water partition coefficient (Wildman–Crippen LogP) is 2.79. The summed E-state index contributed by atoms with van der Waals surface area (Å²) in [6, 6.07) is 1.83. The lowest BCUT2D eigenvalue weighted by Crippen LogP contribution is -2.10. The van der Waals surface area contributed by atoms with Gasteiger partial charge < -0.3 is 4.74 Å². The first kappa shape index (κ1) is 12.2. The molecule has 0 amide bonds. The monoisotopic (exact) mass is 233 g/mol. The molecule has 1 aliphatic rings. The molecular weight excluding hydrogens is 214 g/mol. The Morgan fingerprint density at radius 1 is 1.59 bits per heavy atom. The second-order valence-electron chi connectivity index (χ2n) is 4.48. The summed E-state index contributed by atoms with van der Waals surface area (Å²) in [5, 5.41) is 0. The molecule has 1 aromatic heterocycles. The van der Waals surface area contributed by atoms with Crippen LogP contribution in [0.1, 0.15) is 48.5 Å². The predicted molar refractivity (Wildman–Crippen MR) is 66.2 cm³/mol. The maximum Gasteiger partial charge on any atom is 0.163 e. The number of ether oxygens (including phenoxy) is 1. The molecule has 1 unspecified atom stereocenters. The number of nitrogens with zero attached hydrogens (tertiary/aromatic N) is 1. The fourth-order valence-electron chi connectivity index (χ4n) is 2.28. The molecule has 0 radical (unpaired) electrons. The average molecular weight is 233 g/mol. The van der Waals surface area contributed by atoms with Gasteiger partial charge in [-0.15, -0.1) is 0 Å². The van der Waals surface area contributed by atoms with Gasteiger partial charge in [0.25, 0.3) is 0 Å². The number of carbonyl (C=O) groups is 1. The number of ketones is 1. The lowest BCUT2D eigenvalue weighted by Gasteiger charge is -2.09. The smallest absolute Gasteiger partial charge is 0.163 e. The van der Waals surface area contributed by atoms with E-state index in [0.29, 0.717) is 12.5 Å². The Labute approximate surface area is 102 Å². The Kier molecular flexibility index (Phi) is 4.26. The Hall–Kier alpha value is -1.22. The van der Waals surface area contributed by atoms with Crippen molar-refractivity contribution >= 4 is 5.78 Å². The zero-order valence-electron chi connectivity index (χ0n) is 10.3. The third-order valence-corrected chi connectivity index (χ3v) is 3.30. The normalized spacial score (nSPS) is 19.5. The van der Waals surface area contributed by atoms with Crippen molar-refractivity contribution in [2.75, 3.05) is 6.61 Å². The van der Waals surface area contributed by atoms with Crippen LogP contribution in [0, 0.1) is 0 Å². The van der Waals surface area contributed by atoms with E-state index in [-0.39, 0.29) is 5.78 Å². The Morgan fingerprint density at radius 2 is 2.47 bits per heavy atom. The van der Waals surface area contributed by atoms with Gasteiger partial charge in [-0.1, -0.05) is 6.92 Å². The molecule has 1 atom stereocenters. The molecule has 2 heterocycles. The van der Waals surface area contributed by atoms with E-state index < -0.39 is 0 Å². The van der Waals surface area contributed by atoms with Gasteiger partial charge in [0.2, 0.25) is 0 Å². The van der Waals surface area contributed by atoms with Crippen LogP contribution in [-0.4, -0.2) is 23.5 Å². The molecule has 0 aromatic carbocycles. The summed E-state index contributed by atoms with van der Waals surface area (Å²) >= 11 is 0. The molecule has 0 saturated carbocycles. The molecule has 1 aliphatic heterocycles. The maximum atomic E-state index is 12.1. The molecule has 1 fully saturated rings. The van der Waals surface area contributed by atoms with Gasteiger partial charge in [0.1, 0.15) is 0 Å². The van der Waals surface area contributed by atoms with Gasteiger partial charge in [-0.2, -0.15) is 0 Å². The minimum absolute atomic E-state index is 0.222. The van der Waals surface area contributed by atoms with Crippen molar-refractivity contribution in [3.63, 3.8) is 0 Å². The fraction of sp³-hybridized carbons (Fsp3) is 0.571. The third kappa shape index (κ3) is 3.13.